The smallest absolute Gasteiger partial charge is 0.266 e. The molecule has 0 aliphatic carbocycles. The Morgan fingerprint density at radius 3 is 2.62 bits per heavy atom. The van der Waals surface area contributed by atoms with Gasteiger partial charge in [0.25, 0.3) is 5.56 Å². The minimum atomic E-state index is -0.470. The fourth-order valence-corrected chi connectivity index (χ4v) is 3.58. The predicted octanol–water partition coefficient (Wildman–Crippen LogP) is 3.52. The lowest BCUT2D eigenvalue weighted by atomic mass is 10.1. The van der Waals surface area contributed by atoms with Gasteiger partial charge in [-0.2, -0.15) is 9.97 Å². The zero-order valence-corrected chi connectivity index (χ0v) is 17.6. The first kappa shape index (κ1) is 21.0. The van der Waals surface area contributed by atoms with Crippen LogP contribution in [-0.4, -0.2) is 24.5 Å². The van der Waals surface area contributed by atoms with Crippen LogP contribution in [-0.2, 0) is 6.42 Å². The summed E-state index contributed by atoms with van der Waals surface area (Å²) in [6, 6.07) is 14.3. The number of anilines is 2. The van der Waals surface area contributed by atoms with E-state index in [1.165, 1.54) is 12.4 Å². The van der Waals surface area contributed by atoms with Gasteiger partial charge in [0.2, 0.25) is 5.95 Å². The van der Waals surface area contributed by atoms with Crippen LogP contribution in [0, 0.1) is 12.7 Å². The molecule has 0 bridgehead atoms. The van der Waals surface area contributed by atoms with Crippen LogP contribution >= 0.6 is 0 Å². The van der Waals surface area contributed by atoms with E-state index in [0.717, 1.165) is 16.9 Å². The Hall–Kier alpha value is -4.27. The number of para-hydroxylation sites is 1. The average Bonchev–Trinajstić information content (AvgIpc) is 3.24. The number of nitrogen functional groups attached to an aromatic ring is 2. The van der Waals surface area contributed by atoms with E-state index in [1.807, 2.05) is 44.2 Å². The number of benzene rings is 2. The second kappa shape index (κ2) is 8.46. The summed E-state index contributed by atoms with van der Waals surface area (Å²) in [5.74, 6) is -0.00501. The van der Waals surface area contributed by atoms with Crippen molar-refractivity contribution in [2.75, 3.05) is 11.5 Å². The summed E-state index contributed by atoms with van der Waals surface area (Å²) < 4.78 is 15.7. The Kier molecular flexibility index (Phi) is 5.55. The second-order valence-electron chi connectivity index (χ2n) is 7.19. The maximum absolute atomic E-state index is 14.1. The first-order valence-corrected chi connectivity index (χ1v) is 10.0. The van der Waals surface area contributed by atoms with E-state index in [-0.39, 0.29) is 16.9 Å². The number of halogens is 1. The SMILES string of the molecule is CCc1cc2cccc(F)c2c(=O)n1-c1ccccc1C.Nc1nc(N)c2[nH]cnc2n1. The van der Waals surface area contributed by atoms with Gasteiger partial charge < -0.3 is 16.5 Å². The monoisotopic (exact) mass is 431 g/mol. The molecule has 3 aromatic heterocycles. The summed E-state index contributed by atoms with van der Waals surface area (Å²) >= 11 is 0. The van der Waals surface area contributed by atoms with Gasteiger partial charge in [0.1, 0.15) is 11.3 Å². The predicted molar refractivity (Wildman–Crippen MR) is 124 cm³/mol. The normalized spacial score (nSPS) is 10.8. The van der Waals surface area contributed by atoms with Crippen molar-refractivity contribution in [1.82, 2.24) is 24.5 Å². The summed E-state index contributed by atoms with van der Waals surface area (Å²) in [6.45, 7) is 3.95. The number of aromatic amines is 1. The lowest BCUT2D eigenvalue weighted by Crippen LogP contribution is -2.23. The van der Waals surface area contributed by atoms with Gasteiger partial charge in [0, 0.05) is 5.69 Å². The molecule has 9 heteroatoms. The molecule has 32 heavy (non-hydrogen) atoms. The standard InChI is InChI=1S/C18H16FNO.C5H6N6/c1-3-14-11-13-8-6-9-15(19)17(13)18(21)20(14)16-10-5-4-7-12(16)2;6-3-2-4(9-1-8-2)11-5(7)10-3/h4-11H,3H2,1-2H3;1H,(H5,6,7,8,9,10,11). The number of imidazole rings is 1. The number of H-pyrrole nitrogens is 1. The molecule has 0 radical (unpaired) electrons. The second-order valence-corrected chi connectivity index (χ2v) is 7.19. The highest BCUT2D eigenvalue weighted by atomic mass is 19.1. The number of nitrogens with one attached hydrogen (secondary N) is 1. The highest BCUT2D eigenvalue weighted by Crippen LogP contribution is 2.20. The van der Waals surface area contributed by atoms with E-state index in [4.69, 9.17) is 11.5 Å². The van der Waals surface area contributed by atoms with Crippen molar-refractivity contribution >= 4 is 33.7 Å². The minimum Gasteiger partial charge on any atom is -0.382 e. The third-order valence-electron chi connectivity index (χ3n) is 5.12. The summed E-state index contributed by atoms with van der Waals surface area (Å²) in [7, 11) is 0. The molecule has 162 valence electrons. The zero-order valence-electron chi connectivity index (χ0n) is 17.6. The maximum Gasteiger partial charge on any atom is 0.266 e. The molecule has 2 aromatic carbocycles. The summed E-state index contributed by atoms with van der Waals surface area (Å²) in [5.41, 5.74) is 14.3. The van der Waals surface area contributed by atoms with Crippen LogP contribution in [0.2, 0.25) is 0 Å². The molecule has 0 aliphatic heterocycles. The summed E-state index contributed by atoms with van der Waals surface area (Å²) in [4.78, 5) is 27.1. The van der Waals surface area contributed by atoms with Crippen LogP contribution in [0.1, 0.15) is 18.2 Å². The third kappa shape index (κ3) is 3.76. The quantitative estimate of drug-likeness (QED) is 0.392. The molecule has 0 saturated heterocycles. The Bertz CT molecular complexity index is 1490. The summed E-state index contributed by atoms with van der Waals surface area (Å²) in [5, 5.41) is 0.805. The first-order valence-electron chi connectivity index (χ1n) is 10.0. The Morgan fingerprint density at radius 1 is 1.09 bits per heavy atom. The van der Waals surface area contributed by atoms with Gasteiger partial charge in [0.05, 0.1) is 17.4 Å². The molecule has 0 amide bonds. The lowest BCUT2D eigenvalue weighted by Gasteiger charge is -2.15. The largest absolute Gasteiger partial charge is 0.382 e. The van der Waals surface area contributed by atoms with E-state index >= 15 is 0 Å². The number of rotatable bonds is 2. The average molecular weight is 431 g/mol. The van der Waals surface area contributed by atoms with Gasteiger partial charge in [-0.15, -0.1) is 0 Å². The molecule has 5 N–H and O–H groups in total. The van der Waals surface area contributed by atoms with Gasteiger partial charge in [-0.05, 0) is 42.5 Å². The van der Waals surface area contributed by atoms with Gasteiger partial charge in [0.15, 0.2) is 11.5 Å². The number of nitrogens with two attached hydrogens (primary N) is 2. The molecule has 0 aliphatic rings. The molecule has 3 heterocycles. The van der Waals surface area contributed by atoms with Crippen molar-refractivity contribution in [1.29, 1.82) is 0 Å². The Labute approximate surface area is 182 Å². The van der Waals surface area contributed by atoms with Crippen molar-refractivity contribution in [3.63, 3.8) is 0 Å². The molecule has 8 nitrogen and oxygen atoms in total. The van der Waals surface area contributed by atoms with Crippen molar-refractivity contribution in [3.05, 3.63) is 82.3 Å². The van der Waals surface area contributed by atoms with Crippen molar-refractivity contribution in [3.8, 4) is 5.69 Å². The number of aromatic nitrogens is 5. The molecule has 0 unspecified atom stereocenters. The molecule has 0 saturated carbocycles. The van der Waals surface area contributed by atoms with Crippen molar-refractivity contribution in [2.45, 2.75) is 20.3 Å². The fraction of sp³-hybridized carbons (Fsp3) is 0.130. The van der Waals surface area contributed by atoms with E-state index in [2.05, 4.69) is 19.9 Å². The van der Waals surface area contributed by atoms with Crippen LogP contribution in [0.15, 0.2) is 59.7 Å². The van der Waals surface area contributed by atoms with Gasteiger partial charge in [-0.25, -0.2) is 9.37 Å². The zero-order chi connectivity index (χ0) is 22.8. The van der Waals surface area contributed by atoms with Crippen molar-refractivity contribution < 1.29 is 4.39 Å². The van der Waals surface area contributed by atoms with Crippen LogP contribution in [0.3, 0.4) is 0 Å². The Balaban J connectivity index is 0.000000186. The minimum absolute atomic E-state index is 0.141. The van der Waals surface area contributed by atoms with Crippen LogP contribution in [0.4, 0.5) is 16.2 Å². The van der Waals surface area contributed by atoms with Gasteiger partial charge in [-0.1, -0.05) is 37.3 Å². The molecule has 0 fully saturated rings. The topological polar surface area (TPSA) is 128 Å². The van der Waals surface area contributed by atoms with E-state index in [0.29, 0.717) is 28.8 Å². The lowest BCUT2D eigenvalue weighted by molar-refractivity contribution is 0.637. The van der Waals surface area contributed by atoms with Crippen LogP contribution in [0.5, 0.6) is 0 Å². The number of hydrogen-bond donors (Lipinski definition) is 3. The van der Waals surface area contributed by atoms with Gasteiger partial charge >= 0.3 is 0 Å². The Morgan fingerprint density at radius 2 is 1.88 bits per heavy atom. The van der Waals surface area contributed by atoms with Gasteiger partial charge in [-0.3, -0.25) is 9.36 Å². The van der Waals surface area contributed by atoms with E-state index in [9.17, 15) is 9.18 Å². The number of pyridine rings is 1. The number of fused-ring (bicyclic) bond motifs is 2. The number of nitrogens with zero attached hydrogens (tertiary/aromatic N) is 4. The highest BCUT2D eigenvalue weighted by Gasteiger charge is 2.14. The summed E-state index contributed by atoms with van der Waals surface area (Å²) in [6.07, 6.45) is 2.20. The van der Waals surface area contributed by atoms with E-state index < -0.39 is 5.82 Å². The molecule has 0 spiro atoms. The number of hydrogen-bond acceptors (Lipinski definition) is 6. The molecular formula is C23H22FN7O. The van der Waals surface area contributed by atoms with Crippen LogP contribution in [0.25, 0.3) is 27.6 Å². The molecule has 0 atom stereocenters. The fourth-order valence-electron chi connectivity index (χ4n) is 3.58. The third-order valence-corrected chi connectivity index (χ3v) is 5.12. The number of aryl methyl sites for hydroxylation is 2. The maximum atomic E-state index is 14.1. The van der Waals surface area contributed by atoms with Crippen molar-refractivity contribution in [2.24, 2.45) is 0 Å². The van der Waals surface area contributed by atoms with E-state index in [1.54, 1.807) is 16.7 Å². The molecular weight excluding hydrogens is 409 g/mol. The van der Waals surface area contributed by atoms with Crippen LogP contribution < -0.4 is 17.0 Å². The molecule has 5 rings (SSSR count). The first-order chi connectivity index (χ1) is 15.4. The molecule has 5 aromatic rings. The highest BCUT2D eigenvalue weighted by molar-refractivity contribution is 5.83.